The lowest BCUT2D eigenvalue weighted by Crippen LogP contribution is -2.41. The van der Waals surface area contributed by atoms with Crippen LogP contribution in [0.4, 0.5) is 0 Å². The fourth-order valence-corrected chi connectivity index (χ4v) is 4.12. The van der Waals surface area contributed by atoms with Gasteiger partial charge in [-0.05, 0) is 43.4 Å². The van der Waals surface area contributed by atoms with E-state index in [-0.39, 0.29) is 11.8 Å². The molecule has 166 valence electrons. The molecular formula is C25H33N3O3. The maximum absolute atomic E-state index is 12.8. The van der Waals surface area contributed by atoms with Crippen molar-refractivity contribution in [2.24, 2.45) is 5.92 Å². The maximum atomic E-state index is 12.8. The number of pyridine rings is 1. The Morgan fingerprint density at radius 1 is 1.19 bits per heavy atom. The molecule has 2 heterocycles. The SMILES string of the molecule is COc1ccccc1CC(=O)N1CCC[C@H](CCC(=O)N(C)CCc2ccccn2)C1. The molecule has 1 aliphatic heterocycles. The Morgan fingerprint density at radius 2 is 2.00 bits per heavy atom. The third kappa shape index (κ3) is 6.81. The number of para-hydroxylation sites is 1. The van der Waals surface area contributed by atoms with Gasteiger partial charge in [0.15, 0.2) is 0 Å². The van der Waals surface area contributed by atoms with Crippen LogP contribution in [-0.4, -0.2) is 60.4 Å². The van der Waals surface area contributed by atoms with E-state index in [0.717, 1.165) is 55.8 Å². The van der Waals surface area contributed by atoms with E-state index >= 15 is 0 Å². The molecule has 2 aromatic rings. The number of hydrogen-bond donors (Lipinski definition) is 0. The van der Waals surface area contributed by atoms with Crippen LogP contribution >= 0.6 is 0 Å². The molecule has 0 aliphatic carbocycles. The molecule has 2 amide bonds. The number of ether oxygens (including phenoxy) is 1. The summed E-state index contributed by atoms with van der Waals surface area (Å²) in [6.07, 6.45) is 6.31. The molecule has 0 saturated carbocycles. The molecule has 1 aromatic carbocycles. The van der Waals surface area contributed by atoms with Crippen LogP contribution in [0.25, 0.3) is 0 Å². The van der Waals surface area contributed by atoms with Crippen molar-refractivity contribution in [1.29, 1.82) is 0 Å². The maximum Gasteiger partial charge on any atom is 0.227 e. The molecule has 0 unspecified atom stereocenters. The first-order valence-corrected chi connectivity index (χ1v) is 11.1. The number of hydrogen-bond acceptors (Lipinski definition) is 4. The van der Waals surface area contributed by atoms with Gasteiger partial charge < -0.3 is 14.5 Å². The largest absolute Gasteiger partial charge is 0.496 e. The number of rotatable bonds is 9. The number of carbonyl (C=O) groups is 2. The molecule has 1 aliphatic rings. The van der Waals surface area contributed by atoms with Crippen molar-refractivity contribution in [2.45, 2.75) is 38.5 Å². The van der Waals surface area contributed by atoms with E-state index < -0.39 is 0 Å². The van der Waals surface area contributed by atoms with E-state index in [9.17, 15) is 9.59 Å². The third-order valence-electron chi connectivity index (χ3n) is 6.03. The summed E-state index contributed by atoms with van der Waals surface area (Å²) in [6, 6.07) is 13.5. The van der Waals surface area contributed by atoms with Crippen molar-refractivity contribution in [2.75, 3.05) is 33.8 Å². The summed E-state index contributed by atoms with van der Waals surface area (Å²) in [4.78, 5) is 33.4. The van der Waals surface area contributed by atoms with Gasteiger partial charge in [0, 0.05) is 57.0 Å². The molecule has 3 rings (SSSR count). The zero-order valence-corrected chi connectivity index (χ0v) is 18.6. The summed E-state index contributed by atoms with van der Waals surface area (Å²) in [5.41, 5.74) is 1.92. The standard InChI is InChI=1S/C25H33N3O3/c1-27(17-14-22-10-5-6-15-26-22)24(29)13-12-20-8-7-16-28(19-20)25(30)18-21-9-3-4-11-23(21)31-2/h3-6,9-11,15,20H,7-8,12-14,16-19H2,1-2H3/t20-/m1/s1. The number of benzene rings is 1. The highest BCUT2D eigenvalue weighted by atomic mass is 16.5. The molecule has 1 atom stereocenters. The van der Waals surface area contributed by atoms with E-state index in [2.05, 4.69) is 4.98 Å². The third-order valence-corrected chi connectivity index (χ3v) is 6.03. The summed E-state index contributed by atoms with van der Waals surface area (Å²) in [7, 11) is 3.49. The minimum absolute atomic E-state index is 0.132. The molecule has 6 heteroatoms. The second kappa shape index (κ2) is 11.5. The van der Waals surface area contributed by atoms with E-state index in [1.54, 1.807) is 18.2 Å². The number of carbonyl (C=O) groups excluding carboxylic acids is 2. The number of amides is 2. The predicted octanol–water partition coefficient (Wildman–Crippen LogP) is 3.35. The van der Waals surface area contributed by atoms with Gasteiger partial charge in [0.25, 0.3) is 0 Å². The van der Waals surface area contributed by atoms with Gasteiger partial charge in [0.05, 0.1) is 13.5 Å². The first-order chi connectivity index (χ1) is 15.1. The highest BCUT2D eigenvalue weighted by Crippen LogP contribution is 2.24. The first-order valence-electron chi connectivity index (χ1n) is 11.1. The molecular weight excluding hydrogens is 390 g/mol. The first kappa shape index (κ1) is 22.8. The van der Waals surface area contributed by atoms with Crippen molar-refractivity contribution in [3.8, 4) is 5.75 Å². The smallest absolute Gasteiger partial charge is 0.227 e. The second-order valence-electron chi connectivity index (χ2n) is 8.26. The molecule has 0 bridgehead atoms. The Balaban J connectivity index is 1.43. The number of piperidine rings is 1. The average molecular weight is 424 g/mol. The van der Waals surface area contributed by atoms with Gasteiger partial charge in [0.1, 0.15) is 5.75 Å². The van der Waals surface area contributed by atoms with Crippen LogP contribution in [-0.2, 0) is 22.4 Å². The lowest BCUT2D eigenvalue weighted by Gasteiger charge is -2.33. The van der Waals surface area contributed by atoms with Crippen molar-refractivity contribution in [3.63, 3.8) is 0 Å². The van der Waals surface area contributed by atoms with Crippen LogP contribution in [0.3, 0.4) is 0 Å². The summed E-state index contributed by atoms with van der Waals surface area (Å²) in [5.74, 6) is 1.42. The van der Waals surface area contributed by atoms with Gasteiger partial charge in [0.2, 0.25) is 11.8 Å². The number of methoxy groups -OCH3 is 1. The fraction of sp³-hybridized carbons (Fsp3) is 0.480. The van der Waals surface area contributed by atoms with Crippen LogP contribution in [0, 0.1) is 5.92 Å². The van der Waals surface area contributed by atoms with Crippen LogP contribution in [0.1, 0.15) is 36.9 Å². The molecule has 0 spiro atoms. The van der Waals surface area contributed by atoms with Crippen LogP contribution in [0.2, 0.25) is 0 Å². The minimum Gasteiger partial charge on any atom is -0.496 e. The van der Waals surface area contributed by atoms with Gasteiger partial charge in [-0.15, -0.1) is 0 Å². The number of aromatic nitrogens is 1. The monoisotopic (exact) mass is 423 g/mol. The highest BCUT2D eigenvalue weighted by Gasteiger charge is 2.25. The number of likely N-dealkylation sites (N-methyl/N-ethyl adjacent to an activating group) is 1. The van der Waals surface area contributed by atoms with Gasteiger partial charge >= 0.3 is 0 Å². The van der Waals surface area contributed by atoms with Gasteiger partial charge in [-0.3, -0.25) is 14.6 Å². The molecule has 31 heavy (non-hydrogen) atoms. The molecule has 0 N–H and O–H groups in total. The summed E-state index contributed by atoms with van der Waals surface area (Å²) < 4.78 is 5.37. The van der Waals surface area contributed by atoms with E-state index in [4.69, 9.17) is 4.74 Å². The lowest BCUT2D eigenvalue weighted by molar-refractivity contribution is -0.132. The molecule has 6 nitrogen and oxygen atoms in total. The van der Waals surface area contributed by atoms with Gasteiger partial charge in [-0.1, -0.05) is 24.3 Å². The zero-order chi connectivity index (χ0) is 22.1. The average Bonchev–Trinajstić information content (AvgIpc) is 2.82. The topological polar surface area (TPSA) is 62.7 Å². The highest BCUT2D eigenvalue weighted by molar-refractivity contribution is 5.79. The minimum atomic E-state index is 0.132. The molecule has 1 fully saturated rings. The van der Waals surface area contributed by atoms with E-state index in [0.29, 0.717) is 25.3 Å². The van der Waals surface area contributed by atoms with Crippen molar-refractivity contribution < 1.29 is 14.3 Å². The zero-order valence-electron chi connectivity index (χ0n) is 18.6. The molecule has 0 radical (unpaired) electrons. The molecule has 1 aromatic heterocycles. The second-order valence-corrected chi connectivity index (χ2v) is 8.26. The van der Waals surface area contributed by atoms with Crippen LogP contribution in [0.5, 0.6) is 5.75 Å². The Labute approximate surface area is 185 Å². The van der Waals surface area contributed by atoms with E-state index in [1.165, 1.54) is 0 Å². The Bertz CT molecular complexity index is 856. The van der Waals surface area contributed by atoms with Crippen molar-refractivity contribution >= 4 is 11.8 Å². The lowest BCUT2D eigenvalue weighted by atomic mass is 9.92. The number of likely N-dealkylation sites (tertiary alicyclic amines) is 1. The van der Waals surface area contributed by atoms with Gasteiger partial charge in [-0.25, -0.2) is 0 Å². The number of nitrogens with zero attached hydrogens (tertiary/aromatic N) is 3. The summed E-state index contributed by atoms with van der Waals surface area (Å²) in [5, 5.41) is 0. The normalized spacial score (nSPS) is 16.1. The summed E-state index contributed by atoms with van der Waals surface area (Å²) >= 11 is 0. The van der Waals surface area contributed by atoms with E-state index in [1.807, 2.05) is 54.4 Å². The predicted molar refractivity (Wildman–Crippen MR) is 121 cm³/mol. The van der Waals surface area contributed by atoms with Crippen LogP contribution < -0.4 is 4.74 Å². The van der Waals surface area contributed by atoms with Gasteiger partial charge in [-0.2, -0.15) is 0 Å². The van der Waals surface area contributed by atoms with Crippen molar-refractivity contribution in [1.82, 2.24) is 14.8 Å². The summed E-state index contributed by atoms with van der Waals surface area (Å²) in [6.45, 7) is 2.20. The Kier molecular flexibility index (Phi) is 8.44. The quantitative estimate of drug-likeness (QED) is 0.621. The fourth-order valence-electron chi connectivity index (χ4n) is 4.12. The molecule has 1 saturated heterocycles. The van der Waals surface area contributed by atoms with Crippen molar-refractivity contribution in [3.05, 3.63) is 59.9 Å². The van der Waals surface area contributed by atoms with Crippen LogP contribution in [0.15, 0.2) is 48.7 Å². The Morgan fingerprint density at radius 3 is 2.77 bits per heavy atom. The Hall–Kier alpha value is -2.89.